The Balaban J connectivity index is 2.20. The molecule has 0 fully saturated rings. The van der Waals surface area contributed by atoms with Crippen molar-refractivity contribution in [3.8, 4) is 0 Å². The van der Waals surface area contributed by atoms with Gasteiger partial charge in [-0.2, -0.15) is 0 Å². The van der Waals surface area contributed by atoms with Gasteiger partial charge in [0.2, 0.25) is 5.95 Å². The van der Waals surface area contributed by atoms with Crippen LogP contribution < -0.4 is 5.73 Å². The first kappa shape index (κ1) is 13.1. The molecule has 0 bridgehead atoms. The highest BCUT2D eigenvalue weighted by Gasteiger charge is 2.19. The Morgan fingerprint density at radius 2 is 2.05 bits per heavy atom. The first-order chi connectivity index (χ1) is 9.47. The first-order valence-corrected chi connectivity index (χ1v) is 7.21. The third-order valence-electron chi connectivity index (χ3n) is 3.38. The third kappa shape index (κ3) is 1.96. The molecular weight excluding hydrogens is 275 g/mol. The molecular formula is C14H15FN4S. The highest BCUT2D eigenvalue weighted by molar-refractivity contribution is 7.09. The number of benzene rings is 1. The molecule has 2 N–H and O–H groups in total. The van der Waals surface area contributed by atoms with E-state index in [1.807, 2.05) is 23.8 Å². The fourth-order valence-electron chi connectivity index (χ4n) is 2.32. The van der Waals surface area contributed by atoms with Gasteiger partial charge in [0.15, 0.2) is 0 Å². The molecule has 2 heterocycles. The summed E-state index contributed by atoms with van der Waals surface area (Å²) in [5, 5.41) is 2.97. The molecule has 0 amide bonds. The molecule has 1 atom stereocenters. The number of hydrogen-bond donors (Lipinski definition) is 1. The van der Waals surface area contributed by atoms with E-state index in [0.717, 1.165) is 16.2 Å². The summed E-state index contributed by atoms with van der Waals surface area (Å²) in [6, 6.07) is 3.19. The number of anilines is 1. The summed E-state index contributed by atoms with van der Waals surface area (Å²) >= 11 is 1.59. The fraction of sp³-hybridized carbons (Fsp3) is 0.286. The van der Waals surface area contributed by atoms with Crippen molar-refractivity contribution in [2.75, 3.05) is 5.73 Å². The zero-order valence-corrected chi connectivity index (χ0v) is 12.3. The van der Waals surface area contributed by atoms with Crippen LogP contribution in [-0.4, -0.2) is 14.5 Å². The van der Waals surface area contributed by atoms with E-state index < -0.39 is 0 Å². The largest absolute Gasteiger partial charge is 0.369 e. The Hall–Kier alpha value is -1.95. The van der Waals surface area contributed by atoms with Crippen molar-refractivity contribution < 1.29 is 4.39 Å². The highest BCUT2D eigenvalue weighted by atomic mass is 32.1. The molecule has 0 aliphatic carbocycles. The molecule has 3 aromatic rings. The number of halogens is 1. The lowest BCUT2D eigenvalue weighted by molar-refractivity contribution is 0.619. The number of aryl methyl sites for hydroxylation is 2. The van der Waals surface area contributed by atoms with Gasteiger partial charge in [0.25, 0.3) is 0 Å². The Bertz CT molecular complexity index is 790. The molecule has 104 valence electrons. The maximum Gasteiger partial charge on any atom is 0.201 e. The second kappa shape index (κ2) is 4.56. The van der Waals surface area contributed by atoms with Crippen molar-refractivity contribution in [1.82, 2.24) is 14.5 Å². The number of hydrogen-bond acceptors (Lipinski definition) is 4. The Morgan fingerprint density at radius 1 is 1.30 bits per heavy atom. The molecule has 0 saturated heterocycles. The van der Waals surface area contributed by atoms with Crippen LogP contribution in [0.15, 0.2) is 17.5 Å². The third-order valence-corrected chi connectivity index (χ3v) is 4.51. The minimum absolute atomic E-state index is 0.0245. The van der Waals surface area contributed by atoms with E-state index in [-0.39, 0.29) is 11.9 Å². The van der Waals surface area contributed by atoms with Gasteiger partial charge in [0.05, 0.1) is 17.1 Å². The lowest BCUT2D eigenvalue weighted by atomic mass is 10.2. The first-order valence-electron chi connectivity index (χ1n) is 6.33. The van der Waals surface area contributed by atoms with Crippen molar-refractivity contribution in [3.63, 3.8) is 0 Å². The maximum absolute atomic E-state index is 13.6. The van der Waals surface area contributed by atoms with E-state index >= 15 is 0 Å². The molecule has 1 aromatic carbocycles. The molecule has 0 spiro atoms. The Morgan fingerprint density at radius 3 is 2.70 bits per heavy atom. The topological polar surface area (TPSA) is 56.7 Å². The van der Waals surface area contributed by atoms with Crippen LogP contribution in [0.1, 0.15) is 29.2 Å². The van der Waals surface area contributed by atoms with Gasteiger partial charge in [0, 0.05) is 17.1 Å². The van der Waals surface area contributed by atoms with E-state index in [2.05, 4.69) is 9.97 Å². The molecule has 4 nitrogen and oxygen atoms in total. The van der Waals surface area contributed by atoms with Crippen LogP contribution in [0.4, 0.5) is 10.3 Å². The van der Waals surface area contributed by atoms with Gasteiger partial charge in [-0.15, -0.1) is 11.3 Å². The zero-order valence-electron chi connectivity index (χ0n) is 11.5. The number of nitrogen functional groups attached to an aromatic ring is 1. The van der Waals surface area contributed by atoms with Crippen molar-refractivity contribution in [2.24, 2.45) is 0 Å². The second-order valence-electron chi connectivity index (χ2n) is 4.93. The smallest absolute Gasteiger partial charge is 0.201 e. The molecule has 0 radical (unpaired) electrons. The van der Waals surface area contributed by atoms with Crippen molar-refractivity contribution in [1.29, 1.82) is 0 Å². The van der Waals surface area contributed by atoms with Crippen LogP contribution in [0.25, 0.3) is 11.0 Å². The van der Waals surface area contributed by atoms with Crippen molar-refractivity contribution in [2.45, 2.75) is 26.8 Å². The number of nitrogens with two attached hydrogens (primary N) is 1. The number of fused-ring (bicyclic) bond motifs is 1. The summed E-state index contributed by atoms with van der Waals surface area (Å²) in [6.07, 6.45) is 0. The van der Waals surface area contributed by atoms with E-state index in [1.165, 1.54) is 6.07 Å². The molecule has 0 aliphatic rings. The lowest BCUT2D eigenvalue weighted by Gasteiger charge is -2.13. The van der Waals surface area contributed by atoms with Crippen LogP contribution >= 0.6 is 11.3 Å². The minimum Gasteiger partial charge on any atom is -0.369 e. The monoisotopic (exact) mass is 290 g/mol. The highest BCUT2D eigenvalue weighted by Crippen LogP contribution is 2.30. The SMILES string of the molecule is Cc1csc(C(C)n2c(N)nc3cc(F)c(C)cc32)n1. The molecule has 2 aromatic heterocycles. The molecule has 1 unspecified atom stereocenters. The van der Waals surface area contributed by atoms with Gasteiger partial charge in [-0.3, -0.25) is 0 Å². The summed E-state index contributed by atoms with van der Waals surface area (Å²) in [6.45, 7) is 5.72. The van der Waals surface area contributed by atoms with E-state index in [4.69, 9.17) is 5.73 Å². The molecule has 20 heavy (non-hydrogen) atoms. The Labute approximate surface area is 120 Å². The van der Waals surface area contributed by atoms with Crippen LogP contribution in [0.5, 0.6) is 0 Å². The quantitative estimate of drug-likeness (QED) is 0.786. The van der Waals surface area contributed by atoms with Gasteiger partial charge in [-0.1, -0.05) is 0 Å². The number of imidazole rings is 1. The van der Waals surface area contributed by atoms with E-state index in [1.54, 1.807) is 24.3 Å². The molecule has 3 rings (SSSR count). The maximum atomic E-state index is 13.6. The Kier molecular flexibility index (Phi) is 2.97. The predicted molar refractivity (Wildman–Crippen MR) is 79.5 cm³/mol. The normalized spacial score (nSPS) is 13.0. The minimum atomic E-state index is -0.264. The van der Waals surface area contributed by atoms with Gasteiger partial charge >= 0.3 is 0 Å². The fourth-order valence-corrected chi connectivity index (χ4v) is 3.16. The van der Waals surface area contributed by atoms with Gasteiger partial charge < -0.3 is 10.3 Å². The lowest BCUT2D eigenvalue weighted by Crippen LogP contribution is -2.10. The number of thiazole rings is 1. The predicted octanol–water partition coefficient (Wildman–Crippen LogP) is 3.44. The molecule has 0 saturated carbocycles. The molecule has 0 aliphatic heterocycles. The summed E-state index contributed by atoms with van der Waals surface area (Å²) in [4.78, 5) is 8.74. The van der Waals surface area contributed by atoms with Crippen molar-refractivity contribution in [3.05, 3.63) is 39.6 Å². The average Bonchev–Trinajstić information content (AvgIpc) is 2.93. The number of aromatic nitrogens is 3. The van der Waals surface area contributed by atoms with Crippen LogP contribution in [0.2, 0.25) is 0 Å². The van der Waals surface area contributed by atoms with Crippen LogP contribution in [0, 0.1) is 19.7 Å². The van der Waals surface area contributed by atoms with Gasteiger partial charge in [0.1, 0.15) is 10.8 Å². The molecule has 6 heteroatoms. The standard InChI is InChI=1S/C14H15FN4S/c1-7-4-12-11(5-10(7)15)18-14(16)19(12)9(3)13-17-8(2)6-20-13/h4-6,9H,1-3H3,(H2,16,18). The zero-order chi connectivity index (χ0) is 14.4. The summed E-state index contributed by atoms with van der Waals surface area (Å²) in [7, 11) is 0. The van der Waals surface area contributed by atoms with E-state index in [9.17, 15) is 4.39 Å². The number of nitrogens with zero attached hydrogens (tertiary/aromatic N) is 3. The van der Waals surface area contributed by atoms with Gasteiger partial charge in [-0.25, -0.2) is 14.4 Å². The van der Waals surface area contributed by atoms with E-state index in [0.29, 0.717) is 17.0 Å². The summed E-state index contributed by atoms with van der Waals surface area (Å²) in [5.74, 6) is 0.116. The second-order valence-corrected chi connectivity index (χ2v) is 5.82. The van der Waals surface area contributed by atoms with Gasteiger partial charge in [-0.05, 0) is 32.4 Å². The number of rotatable bonds is 2. The average molecular weight is 290 g/mol. The summed E-state index contributed by atoms with van der Waals surface area (Å²) in [5.41, 5.74) is 8.99. The van der Waals surface area contributed by atoms with Crippen molar-refractivity contribution >= 4 is 28.3 Å². The summed E-state index contributed by atoms with van der Waals surface area (Å²) < 4.78 is 15.5. The van der Waals surface area contributed by atoms with Crippen LogP contribution in [0.3, 0.4) is 0 Å². The van der Waals surface area contributed by atoms with Crippen LogP contribution in [-0.2, 0) is 0 Å².